The molecule has 37 heavy (non-hydrogen) atoms. The second-order valence-corrected chi connectivity index (χ2v) is 8.91. The van der Waals surface area contributed by atoms with E-state index in [1.807, 2.05) is 0 Å². The van der Waals surface area contributed by atoms with Crippen LogP contribution in [0.4, 0.5) is 11.5 Å². The minimum Gasteiger partial charge on any atom is -0.477 e. The lowest BCUT2D eigenvalue weighted by molar-refractivity contribution is -0.688. The highest BCUT2D eigenvalue weighted by molar-refractivity contribution is 8.00. The Morgan fingerprint density at radius 1 is 1.43 bits per heavy atom. The van der Waals surface area contributed by atoms with Gasteiger partial charge in [-0.05, 0) is 19.1 Å². The summed E-state index contributed by atoms with van der Waals surface area (Å²) in [7, 11) is 0. The van der Waals surface area contributed by atoms with Gasteiger partial charge in [-0.3, -0.25) is 19.3 Å². The minimum absolute atomic E-state index is 0.0809. The maximum absolute atomic E-state index is 13.0. The summed E-state index contributed by atoms with van der Waals surface area (Å²) in [5.74, 6) is -2.26. The molecule has 2 aliphatic heterocycles. The van der Waals surface area contributed by atoms with Crippen molar-refractivity contribution in [3.8, 4) is 0 Å². The molecule has 4 rings (SSSR count). The third-order valence-corrected chi connectivity index (χ3v) is 6.72. The quantitative estimate of drug-likeness (QED) is 0.0988. The molecule has 0 spiro atoms. The van der Waals surface area contributed by atoms with Gasteiger partial charge in [0.05, 0.1) is 0 Å². The maximum Gasteiger partial charge on any atom is 0.352 e. The lowest BCUT2D eigenvalue weighted by Crippen LogP contribution is -2.71. The summed E-state index contributed by atoms with van der Waals surface area (Å²) >= 11 is 1.32. The number of fused-ring (bicyclic) bond motifs is 1. The fourth-order valence-electron chi connectivity index (χ4n) is 3.81. The monoisotopic (exact) mass is 527 g/mol. The lowest BCUT2D eigenvalue weighted by Gasteiger charge is -2.49. The molecule has 1 saturated heterocycles. The minimum atomic E-state index is -1.26. The Labute approximate surface area is 214 Å². The van der Waals surface area contributed by atoms with Crippen LogP contribution in [0.1, 0.15) is 12.7 Å². The smallest absolute Gasteiger partial charge is 0.352 e. The van der Waals surface area contributed by atoms with Crippen molar-refractivity contribution in [1.29, 1.82) is 0 Å². The van der Waals surface area contributed by atoms with Gasteiger partial charge in [0.15, 0.2) is 24.8 Å². The number of amides is 3. The summed E-state index contributed by atoms with van der Waals surface area (Å²) < 4.78 is 1.70. The summed E-state index contributed by atoms with van der Waals surface area (Å²) in [6, 6.07) is 3.84. The van der Waals surface area contributed by atoms with Crippen LogP contribution in [0.15, 0.2) is 53.2 Å². The maximum atomic E-state index is 13.0. The van der Waals surface area contributed by atoms with Crippen molar-refractivity contribution in [3.05, 3.63) is 53.9 Å². The van der Waals surface area contributed by atoms with E-state index >= 15 is 0 Å². The molecule has 2 aromatic heterocycles. The fourth-order valence-corrected chi connectivity index (χ4v) is 5.14. The Hall–Kier alpha value is -4.53. The third-order valence-electron chi connectivity index (χ3n) is 5.38. The number of carbonyl (C=O) groups is 4. The van der Waals surface area contributed by atoms with E-state index in [0.29, 0.717) is 23.4 Å². The van der Waals surface area contributed by atoms with Crippen molar-refractivity contribution in [1.82, 2.24) is 20.2 Å². The first kappa shape index (κ1) is 25.6. The number of hydrogen-bond acceptors (Lipinski definition) is 10. The molecule has 2 atom stereocenters. The van der Waals surface area contributed by atoms with E-state index < -0.39 is 29.2 Å². The standard InChI is InChI=1S/C22H22N8O6S/c1-2-36-28-15(18-24-6-5-14(23)26-18)19(32)27-16-20(33)30-17(22(34)35)12(10-37-21(16)30)8-29-7-3-4-13(9-29)25-11-31/h3-7,9,11,16,21H,2,8,10H2,1H3,(H4-,23,24,25,26,27,31,32,34,35)/p+1/t16?,21-/m1/s1. The van der Waals surface area contributed by atoms with Crippen LogP contribution in [0, 0.1) is 0 Å². The average molecular weight is 528 g/mol. The summed E-state index contributed by atoms with van der Waals surface area (Å²) in [5.41, 5.74) is 6.32. The number of nitrogens with zero attached hydrogens (tertiary/aromatic N) is 5. The predicted molar refractivity (Wildman–Crippen MR) is 131 cm³/mol. The lowest BCUT2D eigenvalue weighted by atomic mass is 10.0. The molecular weight excluding hydrogens is 504 g/mol. The molecule has 192 valence electrons. The first-order chi connectivity index (χ1) is 17.8. The zero-order valence-electron chi connectivity index (χ0n) is 19.5. The topological polar surface area (TPSA) is 193 Å². The predicted octanol–water partition coefficient (Wildman–Crippen LogP) is -0.906. The van der Waals surface area contributed by atoms with E-state index in [1.165, 1.54) is 28.9 Å². The molecular formula is C22H23N8O6S+. The number of carboxylic acids is 1. The summed E-state index contributed by atoms with van der Waals surface area (Å²) in [4.78, 5) is 63.1. The van der Waals surface area contributed by atoms with Crippen molar-refractivity contribution in [2.24, 2.45) is 5.16 Å². The van der Waals surface area contributed by atoms with E-state index in [4.69, 9.17) is 10.6 Å². The second kappa shape index (κ2) is 11.0. The van der Waals surface area contributed by atoms with Gasteiger partial charge < -0.3 is 26.3 Å². The molecule has 0 aliphatic carbocycles. The number of nitrogen functional groups attached to an aromatic ring is 1. The first-order valence-electron chi connectivity index (χ1n) is 11.0. The van der Waals surface area contributed by atoms with Gasteiger partial charge in [-0.2, -0.15) is 4.57 Å². The molecule has 1 fully saturated rings. The Bertz CT molecular complexity index is 1320. The van der Waals surface area contributed by atoms with Crippen molar-refractivity contribution in [3.63, 3.8) is 0 Å². The molecule has 4 heterocycles. The molecule has 0 radical (unpaired) electrons. The van der Waals surface area contributed by atoms with Crippen molar-refractivity contribution in [2.75, 3.05) is 23.4 Å². The highest BCUT2D eigenvalue weighted by atomic mass is 32.2. The SMILES string of the molecule is CCON=C(C(=O)NC1C(=O)N2C(C(=O)O)=C(C[n+]3cccc(NC=O)c3)CS[C@H]12)c1nccc(N)n1. The number of rotatable bonds is 10. The fraction of sp³-hybridized carbons (Fsp3) is 0.273. The molecule has 0 aromatic carbocycles. The number of carboxylic acid groups (broad SMARTS) is 1. The van der Waals surface area contributed by atoms with Crippen LogP contribution in [-0.2, 0) is 30.6 Å². The average Bonchev–Trinajstić information content (AvgIpc) is 2.87. The number of nitrogens with one attached hydrogen (secondary N) is 2. The van der Waals surface area contributed by atoms with E-state index in [1.54, 1.807) is 36.0 Å². The van der Waals surface area contributed by atoms with E-state index in [0.717, 1.165) is 0 Å². The third kappa shape index (κ3) is 5.35. The van der Waals surface area contributed by atoms with E-state index in [2.05, 4.69) is 25.8 Å². The van der Waals surface area contributed by atoms with Crippen LogP contribution in [0.3, 0.4) is 0 Å². The highest BCUT2D eigenvalue weighted by Gasteiger charge is 2.54. The van der Waals surface area contributed by atoms with E-state index in [9.17, 15) is 24.3 Å². The number of β-lactam (4-membered cyclic amide) rings is 1. The molecule has 1 unspecified atom stereocenters. The van der Waals surface area contributed by atoms with Crippen LogP contribution in [-0.4, -0.2) is 73.7 Å². The van der Waals surface area contributed by atoms with Gasteiger partial charge in [-0.15, -0.1) is 11.8 Å². The second-order valence-electron chi connectivity index (χ2n) is 7.81. The molecule has 2 aliphatic rings. The van der Waals surface area contributed by atoms with Crippen LogP contribution in [0.5, 0.6) is 0 Å². The molecule has 3 amide bonds. The number of pyridine rings is 1. The van der Waals surface area contributed by atoms with Gasteiger partial charge in [0.2, 0.25) is 12.1 Å². The van der Waals surface area contributed by atoms with Gasteiger partial charge in [0.25, 0.3) is 11.8 Å². The first-order valence-corrected chi connectivity index (χ1v) is 12.1. The van der Waals surface area contributed by atoms with Crippen molar-refractivity contribution in [2.45, 2.75) is 24.9 Å². The van der Waals surface area contributed by atoms with Crippen LogP contribution < -0.4 is 20.9 Å². The van der Waals surface area contributed by atoms with E-state index in [-0.39, 0.29) is 36.2 Å². The summed E-state index contributed by atoms with van der Waals surface area (Å²) in [6.07, 6.45) is 5.26. The molecule has 0 bridgehead atoms. The summed E-state index contributed by atoms with van der Waals surface area (Å²) in [5, 5.41) is 18.2. The zero-order valence-corrected chi connectivity index (χ0v) is 20.3. The normalized spacial score (nSPS) is 19.0. The Kier molecular flexibility index (Phi) is 7.62. The Balaban J connectivity index is 1.54. The molecule has 15 heteroatoms. The number of hydrogen-bond donors (Lipinski definition) is 4. The number of aromatic nitrogens is 3. The molecule has 2 aromatic rings. The Morgan fingerprint density at radius 3 is 2.95 bits per heavy atom. The zero-order chi connectivity index (χ0) is 26.5. The van der Waals surface area contributed by atoms with Crippen LogP contribution >= 0.6 is 11.8 Å². The summed E-state index contributed by atoms with van der Waals surface area (Å²) in [6.45, 7) is 2.04. The largest absolute Gasteiger partial charge is 0.477 e. The number of anilines is 2. The van der Waals surface area contributed by atoms with Gasteiger partial charge in [-0.25, -0.2) is 14.8 Å². The van der Waals surface area contributed by atoms with Gasteiger partial charge in [0, 0.05) is 23.6 Å². The number of oxime groups is 1. The number of nitrogens with two attached hydrogens (primary N) is 1. The number of carbonyl (C=O) groups excluding carboxylic acids is 3. The highest BCUT2D eigenvalue weighted by Crippen LogP contribution is 2.40. The van der Waals surface area contributed by atoms with Gasteiger partial charge >= 0.3 is 5.97 Å². The van der Waals surface area contributed by atoms with Gasteiger partial charge in [0.1, 0.15) is 35.2 Å². The Morgan fingerprint density at radius 2 is 2.24 bits per heavy atom. The molecule has 14 nitrogen and oxygen atoms in total. The van der Waals surface area contributed by atoms with Crippen LogP contribution in [0.2, 0.25) is 0 Å². The van der Waals surface area contributed by atoms with Crippen LogP contribution in [0.25, 0.3) is 0 Å². The molecule has 5 N–H and O–H groups in total. The van der Waals surface area contributed by atoms with Gasteiger partial charge in [-0.1, -0.05) is 5.16 Å². The van der Waals surface area contributed by atoms with Crippen molar-refractivity contribution < 1.29 is 33.7 Å². The number of thioether (sulfide) groups is 1. The number of aliphatic carboxylic acids is 1. The molecule has 0 saturated carbocycles. The van der Waals surface area contributed by atoms with Crippen molar-refractivity contribution >= 4 is 53.2 Å².